The normalized spacial score (nSPS) is 17.8. The molecular weight excluding hydrogens is 188 g/mol. The van der Waals surface area contributed by atoms with Gasteiger partial charge in [-0.15, -0.1) is 11.3 Å². The summed E-state index contributed by atoms with van der Waals surface area (Å²) >= 11 is 1.47. The van der Waals surface area contributed by atoms with Crippen LogP contribution in [0.5, 0.6) is 5.75 Å². The van der Waals surface area contributed by atoms with Crippen LogP contribution < -0.4 is 4.74 Å². The number of hydrogen-bond acceptors (Lipinski definition) is 4. The summed E-state index contributed by atoms with van der Waals surface area (Å²) in [6.07, 6.45) is 2.69. The van der Waals surface area contributed by atoms with Crippen molar-refractivity contribution in [2.45, 2.75) is 18.3 Å². The van der Waals surface area contributed by atoms with Crippen LogP contribution in [0.15, 0.2) is 11.4 Å². The summed E-state index contributed by atoms with van der Waals surface area (Å²) in [4.78, 5) is 21.8. The van der Waals surface area contributed by atoms with E-state index < -0.39 is 0 Å². The monoisotopic (exact) mass is 196 g/mol. The van der Waals surface area contributed by atoms with Crippen LogP contribution in [0.1, 0.15) is 17.7 Å². The van der Waals surface area contributed by atoms with Gasteiger partial charge in [-0.25, -0.2) is 0 Å². The Morgan fingerprint density at radius 1 is 1.46 bits per heavy atom. The van der Waals surface area contributed by atoms with Crippen molar-refractivity contribution in [2.24, 2.45) is 0 Å². The molecule has 1 saturated carbocycles. The molecule has 68 valence electrons. The molecule has 0 aliphatic heterocycles. The zero-order chi connectivity index (χ0) is 9.31. The lowest BCUT2D eigenvalue weighted by molar-refractivity contribution is -0.121. The van der Waals surface area contributed by atoms with Gasteiger partial charge in [-0.2, -0.15) is 0 Å². The van der Waals surface area contributed by atoms with Crippen LogP contribution in [0.3, 0.4) is 0 Å². The number of rotatable bonds is 4. The quantitative estimate of drug-likeness (QED) is 0.685. The van der Waals surface area contributed by atoms with Crippen molar-refractivity contribution in [3.05, 3.63) is 16.3 Å². The molecule has 1 aliphatic carbocycles. The Morgan fingerprint density at radius 3 is 2.77 bits per heavy atom. The molecule has 1 fully saturated rings. The van der Waals surface area contributed by atoms with Gasteiger partial charge in [0.05, 0.1) is 10.3 Å². The van der Waals surface area contributed by atoms with E-state index in [9.17, 15) is 9.59 Å². The van der Waals surface area contributed by atoms with Gasteiger partial charge in [0.15, 0.2) is 0 Å². The van der Waals surface area contributed by atoms with Crippen LogP contribution in [0, 0.1) is 0 Å². The molecule has 1 aliphatic rings. The molecule has 13 heavy (non-hydrogen) atoms. The molecule has 2 rings (SSSR count). The van der Waals surface area contributed by atoms with Gasteiger partial charge in [0.25, 0.3) is 6.47 Å². The Morgan fingerprint density at radius 2 is 2.23 bits per heavy atom. The van der Waals surface area contributed by atoms with Crippen molar-refractivity contribution in [3.63, 3.8) is 0 Å². The maximum atomic E-state index is 10.8. The first-order valence-electron chi connectivity index (χ1n) is 3.97. The molecule has 3 nitrogen and oxygen atoms in total. The lowest BCUT2D eigenvalue weighted by atomic mass is 10.1. The summed E-state index contributed by atoms with van der Waals surface area (Å²) in [5.41, 5.74) is -0.341. The fourth-order valence-electron chi connectivity index (χ4n) is 1.34. The van der Waals surface area contributed by atoms with Crippen LogP contribution in [0.4, 0.5) is 0 Å². The molecule has 0 unspecified atom stereocenters. The molecule has 1 heterocycles. The molecule has 0 radical (unpaired) electrons. The van der Waals surface area contributed by atoms with E-state index in [1.165, 1.54) is 11.3 Å². The minimum Gasteiger partial charge on any atom is -0.428 e. The van der Waals surface area contributed by atoms with Crippen molar-refractivity contribution in [1.29, 1.82) is 0 Å². The summed E-state index contributed by atoms with van der Waals surface area (Å²) in [5.74, 6) is 0.532. The number of hydrogen-bond donors (Lipinski definition) is 0. The SMILES string of the molecule is O=COc1ccsc1C1(C=O)CC1. The zero-order valence-corrected chi connectivity index (χ0v) is 7.67. The molecule has 4 heteroatoms. The Bertz CT molecular complexity index is 338. The van der Waals surface area contributed by atoms with E-state index in [1.54, 1.807) is 6.07 Å². The maximum Gasteiger partial charge on any atom is 0.298 e. The summed E-state index contributed by atoms with van der Waals surface area (Å²) in [7, 11) is 0. The second-order valence-electron chi connectivity index (χ2n) is 3.10. The second kappa shape index (κ2) is 2.96. The molecule has 0 bridgehead atoms. The highest BCUT2D eigenvalue weighted by Crippen LogP contribution is 2.51. The molecule has 0 atom stereocenters. The van der Waals surface area contributed by atoms with E-state index in [1.807, 2.05) is 5.38 Å². The van der Waals surface area contributed by atoms with Gasteiger partial charge in [0.2, 0.25) is 0 Å². The molecule has 1 aromatic rings. The highest BCUT2D eigenvalue weighted by atomic mass is 32.1. The molecule has 0 amide bonds. The van der Waals surface area contributed by atoms with Gasteiger partial charge in [0.1, 0.15) is 12.0 Å². The topological polar surface area (TPSA) is 43.4 Å². The largest absolute Gasteiger partial charge is 0.428 e. The first-order chi connectivity index (χ1) is 6.32. The number of ether oxygens (including phenoxy) is 1. The van der Waals surface area contributed by atoms with Gasteiger partial charge < -0.3 is 9.53 Å². The third-order valence-electron chi connectivity index (χ3n) is 2.27. The van der Waals surface area contributed by atoms with Crippen LogP contribution in [-0.4, -0.2) is 12.8 Å². The average molecular weight is 196 g/mol. The van der Waals surface area contributed by atoms with Crippen molar-refractivity contribution < 1.29 is 14.3 Å². The first kappa shape index (κ1) is 8.44. The molecule has 1 aromatic heterocycles. The second-order valence-corrected chi connectivity index (χ2v) is 4.02. The van der Waals surface area contributed by atoms with E-state index in [4.69, 9.17) is 4.74 Å². The van der Waals surface area contributed by atoms with Gasteiger partial charge >= 0.3 is 0 Å². The van der Waals surface area contributed by atoms with Crippen LogP contribution in [0.2, 0.25) is 0 Å². The zero-order valence-electron chi connectivity index (χ0n) is 6.86. The van der Waals surface area contributed by atoms with Crippen molar-refractivity contribution in [3.8, 4) is 5.75 Å². The summed E-state index contributed by atoms with van der Waals surface area (Å²) in [6.45, 7) is 0.395. The molecular formula is C9H8O3S. The Labute approximate surface area is 79.3 Å². The van der Waals surface area contributed by atoms with Crippen molar-refractivity contribution >= 4 is 24.1 Å². The Balaban J connectivity index is 2.34. The predicted molar refractivity (Wildman–Crippen MR) is 48.0 cm³/mol. The predicted octanol–water partition coefficient (Wildman–Crippen LogP) is 1.51. The highest BCUT2D eigenvalue weighted by Gasteiger charge is 2.47. The standard InChI is InChI=1S/C9H8O3S/c10-5-9(2-3-9)8-7(12-6-11)1-4-13-8/h1,4-6H,2-3H2. The van der Waals surface area contributed by atoms with Gasteiger partial charge in [0, 0.05) is 0 Å². The number of aldehydes is 1. The lowest BCUT2D eigenvalue weighted by Gasteiger charge is -2.05. The molecule has 0 saturated heterocycles. The van der Waals surface area contributed by atoms with Gasteiger partial charge in [-0.3, -0.25) is 4.79 Å². The third-order valence-corrected chi connectivity index (χ3v) is 3.39. The molecule has 0 spiro atoms. The highest BCUT2D eigenvalue weighted by molar-refractivity contribution is 7.10. The smallest absolute Gasteiger partial charge is 0.298 e. The summed E-state index contributed by atoms with van der Waals surface area (Å²) in [6, 6.07) is 1.72. The van der Waals surface area contributed by atoms with E-state index in [-0.39, 0.29) is 5.41 Å². The van der Waals surface area contributed by atoms with Gasteiger partial charge in [-0.1, -0.05) is 0 Å². The van der Waals surface area contributed by atoms with Crippen LogP contribution in [0.25, 0.3) is 0 Å². The maximum absolute atomic E-state index is 10.8. The molecule has 0 N–H and O–H groups in total. The minimum absolute atomic E-state index is 0.341. The molecule has 0 aromatic carbocycles. The van der Waals surface area contributed by atoms with Crippen molar-refractivity contribution in [2.75, 3.05) is 0 Å². The van der Waals surface area contributed by atoms with E-state index in [2.05, 4.69) is 0 Å². The van der Waals surface area contributed by atoms with Crippen LogP contribution in [-0.2, 0) is 15.0 Å². The minimum atomic E-state index is -0.341. The average Bonchev–Trinajstić information content (AvgIpc) is 2.82. The Kier molecular flexibility index (Phi) is 1.92. The fraction of sp³-hybridized carbons (Fsp3) is 0.333. The third kappa shape index (κ3) is 1.27. The summed E-state index contributed by atoms with van der Waals surface area (Å²) < 4.78 is 4.78. The van der Waals surface area contributed by atoms with E-state index in [0.29, 0.717) is 12.2 Å². The lowest BCUT2D eigenvalue weighted by Crippen LogP contribution is -2.07. The van der Waals surface area contributed by atoms with Crippen LogP contribution >= 0.6 is 11.3 Å². The van der Waals surface area contributed by atoms with E-state index >= 15 is 0 Å². The summed E-state index contributed by atoms with van der Waals surface area (Å²) in [5, 5.41) is 1.83. The number of thiophene rings is 1. The van der Waals surface area contributed by atoms with Gasteiger partial charge in [-0.05, 0) is 24.3 Å². The Hall–Kier alpha value is -1.16. The first-order valence-corrected chi connectivity index (χ1v) is 4.85. The number of carbonyl (C=O) groups is 2. The van der Waals surface area contributed by atoms with E-state index in [0.717, 1.165) is 24.0 Å². The fourth-order valence-corrected chi connectivity index (χ4v) is 2.39. The van der Waals surface area contributed by atoms with Crippen molar-refractivity contribution in [1.82, 2.24) is 0 Å². The number of carbonyl (C=O) groups excluding carboxylic acids is 2.